The van der Waals surface area contributed by atoms with E-state index in [1.54, 1.807) is 10.8 Å². The Labute approximate surface area is 343 Å². The number of hydrogen-bond donors (Lipinski definition) is 0. The zero-order valence-corrected chi connectivity index (χ0v) is 37.0. The minimum absolute atomic E-state index is 0. The Balaban J connectivity index is 0.000000192. The van der Waals surface area contributed by atoms with Crippen LogP contribution in [0.2, 0.25) is 19.6 Å². The minimum atomic E-state index is -1.36. The van der Waals surface area contributed by atoms with Gasteiger partial charge < -0.3 is 14.4 Å². The molecule has 1 saturated carbocycles. The molecular formula is C50H54IrN2OSi-2. The van der Waals surface area contributed by atoms with E-state index in [-0.39, 0.29) is 25.5 Å². The minimum Gasteiger partial charge on any atom is -0.500 e. The van der Waals surface area contributed by atoms with E-state index in [1.807, 2.05) is 30.5 Å². The Morgan fingerprint density at radius 1 is 0.727 bits per heavy atom. The normalized spacial score (nSPS) is 13.7. The number of nitrogens with zero attached hydrogens (tertiary/aromatic N) is 2. The van der Waals surface area contributed by atoms with E-state index in [2.05, 4.69) is 138 Å². The molecule has 0 unspecified atom stereocenters. The van der Waals surface area contributed by atoms with E-state index in [0.29, 0.717) is 0 Å². The van der Waals surface area contributed by atoms with Crippen LogP contribution < -0.4 is 5.19 Å². The largest absolute Gasteiger partial charge is 0.500 e. The Hall–Kier alpha value is -4.15. The molecule has 0 saturated heterocycles. The molecule has 1 radical (unpaired) electrons. The zero-order chi connectivity index (χ0) is 37.9. The van der Waals surface area contributed by atoms with Crippen LogP contribution in [0.1, 0.15) is 69.6 Å². The van der Waals surface area contributed by atoms with Crippen LogP contribution in [0.4, 0.5) is 0 Å². The Bertz CT molecular complexity index is 2350. The Kier molecular flexibility index (Phi) is 12.8. The van der Waals surface area contributed by atoms with Gasteiger partial charge in [0, 0.05) is 43.4 Å². The molecule has 0 amide bonds. The van der Waals surface area contributed by atoms with Gasteiger partial charge in [0.25, 0.3) is 0 Å². The van der Waals surface area contributed by atoms with Gasteiger partial charge in [0.1, 0.15) is 5.58 Å². The average molecular weight is 919 g/mol. The fourth-order valence-corrected chi connectivity index (χ4v) is 9.60. The number of aromatic nitrogens is 2. The van der Waals surface area contributed by atoms with Crippen molar-refractivity contribution in [2.75, 3.05) is 0 Å². The van der Waals surface area contributed by atoms with Crippen LogP contribution in [-0.2, 0) is 32.9 Å². The fourth-order valence-electron chi connectivity index (χ4n) is 8.01. The molecule has 0 spiro atoms. The van der Waals surface area contributed by atoms with Crippen molar-refractivity contribution in [1.29, 1.82) is 0 Å². The zero-order valence-electron chi connectivity index (χ0n) is 33.6. The molecule has 55 heavy (non-hydrogen) atoms. The van der Waals surface area contributed by atoms with Crippen LogP contribution in [-0.4, -0.2) is 18.0 Å². The first-order valence-corrected chi connectivity index (χ1v) is 23.3. The first kappa shape index (κ1) is 40.5. The van der Waals surface area contributed by atoms with Crippen molar-refractivity contribution >= 4 is 35.2 Å². The second-order valence-electron chi connectivity index (χ2n) is 17.4. The summed E-state index contributed by atoms with van der Waals surface area (Å²) in [6.07, 6.45) is 13.4. The van der Waals surface area contributed by atoms with E-state index in [0.717, 1.165) is 67.9 Å². The molecule has 0 aliphatic heterocycles. The molecule has 1 aliphatic rings. The van der Waals surface area contributed by atoms with E-state index in [9.17, 15) is 0 Å². The van der Waals surface area contributed by atoms with Gasteiger partial charge in [0.05, 0.1) is 13.7 Å². The third-order valence-corrected chi connectivity index (χ3v) is 12.8. The molecule has 0 N–H and O–H groups in total. The van der Waals surface area contributed by atoms with Crippen molar-refractivity contribution in [3.8, 4) is 33.6 Å². The standard InChI is InChI=1S/C29H26NO.C21H28NSi.Ir/c1-19-18-30-26(16-21(19)17-29(2,3)4)25-15-9-14-24-23-13-8-12-22(27(23)31-28(24)25)20-10-6-5-7-11-20;1-23(2,3)21-16-22-20(18-12-8-5-9-13-18)15-19(21)14-17-10-6-4-7-11-17;/h5-14,16,18H,17H2,1-4H3;5,8-9,12,15-17H,4,6-7,10-11,14H2,1-3H3;/q2*-1;. The van der Waals surface area contributed by atoms with Gasteiger partial charge in [-0.15, -0.1) is 54.1 Å². The second kappa shape index (κ2) is 17.3. The summed E-state index contributed by atoms with van der Waals surface area (Å²) in [7, 11) is -1.36. The van der Waals surface area contributed by atoms with Crippen LogP contribution in [0.5, 0.6) is 0 Å². The maximum Gasteiger partial charge on any atom is 0.128 e. The van der Waals surface area contributed by atoms with Crippen molar-refractivity contribution in [3.63, 3.8) is 0 Å². The molecule has 5 heteroatoms. The van der Waals surface area contributed by atoms with Crippen LogP contribution in [0, 0.1) is 30.4 Å². The molecule has 1 fully saturated rings. The molecule has 4 aromatic carbocycles. The first-order valence-electron chi connectivity index (χ1n) is 19.8. The summed E-state index contributed by atoms with van der Waals surface area (Å²) in [5.41, 5.74) is 12.3. The molecule has 3 heterocycles. The van der Waals surface area contributed by atoms with Crippen molar-refractivity contribution in [1.82, 2.24) is 9.97 Å². The van der Waals surface area contributed by atoms with E-state index >= 15 is 0 Å². The maximum absolute atomic E-state index is 6.52. The molecule has 8 rings (SSSR count). The van der Waals surface area contributed by atoms with Gasteiger partial charge in [-0.1, -0.05) is 155 Å². The van der Waals surface area contributed by atoms with Crippen LogP contribution >= 0.6 is 0 Å². The number of rotatable bonds is 7. The smallest absolute Gasteiger partial charge is 0.128 e. The number of aryl methyl sites for hydroxylation is 1. The third-order valence-electron chi connectivity index (χ3n) is 10.8. The number of furan rings is 1. The first-order chi connectivity index (χ1) is 25.9. The van der Waals surface area contributed by atoms with Crippen LogP contribution in [0.3, 0.4) is 0 Å². The Morgan fingerprint density at radius 2 is 1.44 bits per heavy atom. The predicted molar refractivity (Wildman–Crippen MR) is 231 cm³/mol. The van der Waals surface area contributed by atoms with Crippen LogP contribution in [0.25, 0.3) is 55.6 Å². The number of para-hydroxylation sites is 1. The third kappa shape index (κ3) is 9.63. The summed E-state index contributed by atoms with van der Waals surface area (Å²) in [5.74, 6) is 0.869. The second-order valence-corrected chi connectivity index (χ2v) is 22.5. The molecular weight excluding hydrogens is 865 g/mol. The molecule has 1 aliphatic carbocycles. The van der Waals surface area contributed by atoms with Gasteiger partial charge in [-0.25, -0.2) is 0 Å². The monoisotopic (exact) mass is 919 g/mol. The summed E-state index contributed by atoms with van der Waals surface area (Å²) >= 11 is 0. The fraction of sp³-hybridized carbons (Fsp3) is 0.320. The van der Waals surface area contributed by atoms with Gasteiger partial charge in [-0.3, -0.25) is 0 Å². The van der Waals surface area contributed by atoms with Crippen molar-refractivity contribution in [2.45, 2.75) is 92.3 Å². The van der Waals surface area contributed by atoms with Gasteiger partial charge in [0.2, 0.25) is 0 Å². The number of benzene rings is 4. The molecule has 3 nitrogen and oxygen atoms in total. The van der Waals surface area contributed by atoms with E-state index in [4.69, 9.17) is 14.4 Å². The molecule has 7 aromatic rings. The van der Waals surface area contributed by atoms with Gasteiger partial charge in [0.15, 0.2) is 0 Å². The average Bonchev–Trinajstić information content (AvgIpc) is 3.55. The summed E-state index contributed by atoms with van der Waals surface area (Å²) in [6, 6.07) is 40.3. The summed E-state index contributed by atoms with van der Waals surface area (Å²) in [6.45, 7) is 16.2. The number of pyridine rings is 2. The Morgan fingerprint density at radius 3 is 2.15 bits per heavy atom. The van der Waals surface area contributed by atoms with Crippen molar-refractivity contribution in [3.05, 3.63) is 138 Å². The van der Waals surface area contributed by atoms with E-state index in [1.165, 1.54) is 49.7 Å². The topological polar surface area (TPSA) is 38.9 Å². The molecule has 0 atom stereocenters. The molecule has 0 bridgehead atoms. The van der Waals surface area contributed by atoms with Gasteiger partial charge >= 0.3 is 0 Å². The molecule has 3 aromatic heterocycles. The summed E-state index contributed by atoms with van der Waals surface area (Å²) in [4.78, 5) is 9.52. The summed E-state index contributed by atoms with van der Waals surface area (Å²) < 4.78 is 6.52. The SMILES string of the molecule is C[Si](C)(C)c1cnc(-c2[c-]cccc2)cc1CC1CCCCC1.Cc1cnc(-c2[c-]ccc3c2oc2c(-c4ccccc4)cccc23)cc1CC(C)(C)C.[Ir]. The van der Waals surface area contributed by atoms with Crippen molar-refractivity contribution < 1.29 is 24.5 Å². The van der Waals surface area contributed by atoms with Gasteiger partial charge in [-0.2, -0.15) is 0 Å². The van der Waals surface area contributed by atoms with Gasteiger partial charge in [-0.05, 0) is 58.8 Å². The number of fused-ring (bicyclic) bond motifs is 3. The quantitative estimate of drug-likeness (QED) is 0.118. The van der Waals surface area contributed by atoms with Crippen molar-refractivity contribution in [2.24, 2.45) is 11.3 Å². The summed E-state index contributed by atoms with van der Waals surface area (Å²) in [5, 5.41) is 3.76. The van der Waals surface area contributed by atoms with Crippen LogP contribution in [0.15, 0.2) is 114 Å². The molecule has 285 valence electrons. The number of hydrogen-bond acceptors (Lipinski definition) is 3. The maximum atomic E-state index is 6.52. The van der Waals surface area contributed by atoms with E-state index < -0.39 is 8.07 Å². The predicted octanol–water partition coefficient (Wildman–Crippen LogP) is 13.2.